The molecule has 162 valence electrons. The van der Waals surface area contributed by atoms with Crippen molar-refractivity contribution in [2.24, 2.45) is 5.92 Å². The minimum Gasteiger partial charge on any atom is -0.390 e. The van der Waals surface area contributed by atoms with Crippen LogP contribution in [0.1, 0.15) is 30.0 Å². The Balaban J connectivity index is 1.76. The van der Waals surface area contributed by atoms with E-state index in [1.54, 1.807) is 7.11 Å². The highest BCUT2D eigenvalue weighted by molar-refractivity contribution is 5.47. The summed E-state index contributed by atoms with van der Waals surface area (Å²) in [5.41, 5.74) is 2.23. The van der Waals surface area contributed by atoms with Gasteiger partial charge in [-0.15, -0.1) is 0 Å². The Kier molecular flexibility index (Phi) is 6.83. The molecule has 1 fully saturated rings. The predicted octanol–water partition coefficient (Wildman–Crippen LogP) is 4.75. The Morgan fingerprint density at radius 3 is 1.71 bits per heavy atom. The molecule has 0 aliphatic carbocycles. The summed E-state index contributed by atoms with van der Waals surface area (Å²) in [6, 6.07) is 30.6. The molecular formula is C27H30O4. The number of rotatable bonds is 7. The summed E-state index contributed by atoms with van der Waals surface area (Å²) in [4.78, 5) is 0. The molecule has 0 radical (unpaired) electrons. The molecule has 0 spiro atoms. The van der Waals surface area contributed by atoms with Gasteiger partial charge in [0.1, 0.15) is 11.7 Å². The number of hydrogen-bond acceptors (Lipinski definition) is 4. The highest BCUT2D eigenvalue weighted by Gasteiger charge is 2.41. The van der Waals surface area contributed by atoms with E-state index < -0.39 is 17.8 Å². The fraction of sp³-hybridized carbons (Fsp3) is 0.333. The lowest BCUT2D eigenvalue weighted by Crippen LogP contribution is -2.48. The zero-order valence-electron chi connectivity index (χ0n) is 18.1. The Labute approximate surface area is 184 Å². The van der Waals surface area contributed by atoms with Gasteiger partial charge in [-0.1, -0.05) is 97.9 Å². The fourth-order valence-electron chi connectivity index (χ4n) is 4.45. The minimum atomic E-state index is -0.835. The standard InChI is InChI=1S/C27H30O4/c1-20-18-24(28)25(31-26(20)29-2)19-30-27(21-12-6-3-7-13-21,22-14-8-4-9-15-22)23-16-10-5-11-17-23/h3-17,20,24-26,28H,18-19H2,1-2H3/t20-,24+,25-,26+/m1/s1. The van der Waals surface area contributed by atoms with E-state index >= 15 is 0 Å². The first-order valence-electron chi connectivity index (χ1n) is 10.8. The molecule has 31 heavy (non-hydrogen) atoms. The van der Waals surface area contributed by atoms with Crippen LogP contribution < -0.4 is 0 Å². The predicted molar refractivity (Wildman–Crippen MR) is 121 cm³/mol. The van der Waals surface area contributed by atoms with Crippen LogP contribution in [0, 0.1) is 5.92 Å². The molecule has 4 rings (SSSR count). The van der Waals surface area contributed by atoms with Gasteiger partial charge >= 0.3 is 0 Å². The SMILES string of the molecule is CO[C@H]1O[C@H](COC(c2ccccc2)(c2ccccc2)c2ccccc2)[C@@H](O)C[C@H]1C. The average molecular weight is 419 g/mol. The largest absolute Gasteiger partial charge is 0.390 e. The van der Waals surface area contributed by atoms with E-state index in [1.165, 1.54) is 0 Å². The number of ether oxygens (including phenoxy) is 3. The molecule has 1 aliphatic heterocycles. The van der Waals surface area contributed by atoms with Crippen molar-refractivity contribution in [1.29, 1.82) is 0 Å². The van der Waals surface area contributed by atoms with E-state index in [2.05, 4.69) is 36.4 Å². The fourth-order valence-corrected chi connectivity index (χ4v) is 4.45. The first-order chi connectivity index (χ1) is 15.1. The molecule has 1 heterocycles. The highest BCUT2D eigenvalue weighted by atomic mass is 16.7. The van der Waals surface area contributed by atoms with Crippen LogP contribution in [0.3, 0.4) is 0 Å². The Bertz CT molecular complexity index is 833. The van der Waals surface area contributed by atoms with Gasteiger partial charge < -0.3 is 19.3 Å². The van der Waals surface area contributed by atoms with Crippen molar-refractivity contribution < 1.29 is 19.3 Å². The van der Waals surface area contributed by atoms with Crippen LogP contribution in [0.15, 0.2) is 91.0 Å². The van der Waals surface area contributed by atoms with Crippen LogP contribution in [0.2, 0.25) is 0 Å². The van der Waals surface area contributed by atoms with Crippen LogP contribution in [0.4, 0.5) is 0 Å². The molecule has 0 unspecified atom stereocenters. The van der Waals surface area contributed by atoms with Crippen molar-refractivity contribution >= 4 is 0 Å². The van der Waals surface area contributed by atoms with Crippen molar-refractivity contribution in [2.75, 3.05) is 13.7 Å². The first-order valence-corrected chi connectivity index (χ1v) is 10.8. The van der Waals surface area contributed by atoms with Gasteiger partial charge in [0, 0.05) is 13.0 Å². The molecule has 1 saturated heterocycles. The van der Waals surface area contributed by atoms with Gasteiger partial charge in [-0.2, -0.15) is 0 Å². The maximum Gasteiger partial charge on any atom is 0.160 e. The van der Waals surface area contributed by atoms with Gasteiger partial charge in [0.25, 0.3) is 0 Å². The van der Waals surface area contributed by atoms with Crippen molar-refractivity contribution in [2.45, 2.75) is 37.4 Å². The molecule has 4 atom stereocenters. The molecule has 3 aromatic carbocycles. The average Bonchev–Trinajstić information content (AvgIpc) is 2.83. The number of aliphatic hydroxyl groups is 1. The lowest BCUT2D eigenvalue weighted by molar-refractivity contribution is -0.250. The molecule has 1 aliphatic rings. The van der Waals surface area contributed by atoms with Gasteiger partial charge in [-0.05, 0) is 23.1 Å². The van der Waals surface area contributed by atoms with Gasteiger partial charge in [-0.3, -0.25) is 0 Å². The minimum absolute atomic E-state index is 0.123. The molecule has 4 heteroatoms. The Morgan fingerprint density at radius 1 is 0.839 bits per heavy atom. The topological polar surface area (TPSA) is 47.9 Å². The second-order valence-corrected chi connectivity index (χ2v) is 8.15. The van der Waals surface area contributed by atoms with Gasteiger partial charge in [0.2, 0.25) is 0 Å². The summed E-state index contributed by atoms with van der Waals surface area (Å²) in [6.07, 6.45) is -0.823. The lowest BCUT2D eigenvalue weighted by Gasteiger charge is -2.41. The molecule has 4 nitrogen and oxygen atoms in total. The van der Waals surface area contributed by atoms with E-state index in [0.29, 0.717) is 6.42 Å². The van der Waals surface area contributed by atoms with Crippen molar-refractivity contribution in [1.82, 2.24) is 0 Å². The summed E-state index contributed by atoms with van der Waals surface area (Å²) in [5.74, 6) is 0.123. The zero-order chi connectivity index (χ0) is 21.7. The summed E-state index contributed by atoms with van der Waals surface area (Å²) in [7, 11) is 1.64. The second kappa shape index (κ2) is 9.75. The Morgan fingerprint density at radius 2 is 1.29 bits per heavy atom. The Hall–Kier alpha value is -2.50. The van der Waals surface area contributed by atoms with Gasteiger partial charge in [0.15, 0.2) is 6.29 Å². The van der Waals surface area contributed by atoms with E-state index in [1.807, 2.05) is 61.5 Å². The molecule has 1 N–H and O–H groups in total. The maximum atomic E-state index is 10.7. The highest BCUT2D eigenvalue weighted by Crippen LogP contribution is 2.41. The van der Waals surface area contributed by atoms with Crippen molar-refractivity contribution in [3.63, 3.8) is 0 Å². The zero-order valence-corrected chi connectivity index (χ0v) is 18.1. The third kappa shape index (κ3) is 4.43. The normalized spacial score (nSPS) is 24.1. The van der Waals surface area contributed by atoms with Crippen LogP contribution in [0.25, 0.3) is 0 Å². The summed E-state index contributed by atoms with van der Waals surface area (Å²) < 4.78 is 18.3. The lowest BCUT2D eigenvalue weighted by atomic mass is 9.80. The molecule has 3 aromatic rings. The monoisotopic (exact) mass is 418 g/mol. The first kappa shape index (κ1) is 21.7. The summed E-state index contributed by atoms with van der Waals surface area (Å²) in [5, 5.41) is 10.7. The van der Waals surface area contributed by atoms with E-state index in [-0.39, 0.29) is 18.8 Å². The van der Waals surface area contributed by atoms with E-state index in [9.17, 15) is 5.11 Å². The van der Waals surface area contributed by atoms with Crippen LogP contribution in [-0.4, -0.2) is 37.3 Å². The smallest absolute Gasteiger partial charge is 0.160 e. The molecular weight excluding hydrogens is 388 g/mol. The maximum absolute atomic E-state index is 10.7. The molecule has 0 bridgehead atoms. The van der Waals surface area contributed by atoms with E-state index in [0.717, 1.165) is 16.7 Å². The van der Waals surface area contributed by atoms with Crippen molar-refractivity contribution in [3.8, 4) is 0 Å². The molecule has 0 amide bonds. The molecule has 0 saturated carbocycles. The number of benzene rings is 3. The summed E-state index contributed by atoms with van der Waals surface area (Å²) in [6.45, 7) is 2.25. The van der Waals surface area contributed by atoms with Gasteiger partial charge in [-0.25, -0.2) is 0 Å². The van der Waals surface area contributed by atoms with Crippen molar-refractivity contribution in [3.05, 3.63) is 108 Å². The van der Waals surface area contributed by atoms with Crippen LogP contribution in [0.5, 0.6) is 0 Å². The van der Waals surface area contributed by atoms with Gasteiger partial charge in [0.05, 0.1) is 12.7 Å². The third-order valence-electron chi connectivity index (χ3n) is 6.05. The number of hydrogen-bond donors (Lipinski definition) is 1. The molecule has 0 aromatic heterocycles. The van der Waals surface area contributed by atoms with E-state index in [4.69, 9.17) is 14.2 Å². The quantitative estimate of drug-likeness (QED) is 0.563. The third-order valence-corrected chi connectivity index (χ3v) is 6.05. The number of methoxy groups -OCH3 is 1. The summed E-state index contributed by atoms with van der Waals surface area (Å²) >= 11 is 0. The second-order valence-electron chi connectivity index (χ2n) is 8.15. The van der Waals surface area contributed by atoms with Crippen LogP contribution in [-0.2, 0) is 19.8 Å². The van der Waals surface area contributed by atoms with Crippen LogP contribution >= 0.6 is 0 Å². The number of aliphatic hydroxyl groups excluding tert-OH is 1.